The molecule has 0 fully saturated rings. The number of fused-ring (bicyclic) bond motifs is 2. The summed E-state index contributed by atoms with van der Waals surface area (Å²) in [6.45, 7) is 0.424. The first kappa shape index (κ1) is 12.5. The number of nitrogens with zero attached hydrogens (tertiary/aromatic N) is 2. The molecule has 1 aliphatic heterocycles. The maximum atomic E-state index is 12.4. The van der Waals surface area contributed by atoms with Gasteiger partial charge in [0.25, 0.3) is 11.8 Å². The third kappa shape index (κ3) is 1.91. The Labute approximate surface area is 124 Å². The molecule has 7 nitrogen and oxygen atoms in total. The number of rotatable bonds is 2. The highest BCUT2D eigenvalue weighted by molar-refractivity contribution is 6.08. The minimum atomic E-state index is -0.252. The van der Waals surface area contributed by atoms with Crippen LogP contribution in [0, 0.1) is 0 Å². The van der Waals surface area contributed by atoms with Crippen molar-refractivity contribution < 1.29 is 9.59 Å². The van der Waals surface area contributed by atoms with Crippen molar-refractivity contribution in [2.75, 3.05) is 5.32 Å². The number of hydrogen-bond acceptors (Lipinski definition) is 4. The van der Waals surface area contributed by atoms with E-state index in [4.69, 9.17) is 0 Å². The van der Waals surface area contributed by atoms with Gasteiger partial charge in [0.15, 0.2) is 0 Å². The first-order valence-corrected chi connectivity index (χ1v) is 6.74. The minimum Gasteiger partial charge on any atom is -0.348 e. The molecule has 0 atom stereocenters. The Balaban J connectivity index is 1.66. The minimum absolute atomic E-state index is 0.116. The van der Waals surface area contributed by atoms with Crippen LogP contribution in [0.25, 0.3) is 11.0 Å². The van der Waals surface area contributed by atoms with Crippen molar-refractivity contribution in [3.8, 4) is 0 Å². The zero-order valence-electron chi connectivity index (χ0n) is 11.4. The number of H-pyrrole nitrogens is 1. The van der Waals surface area contributed by atoms with Crippen molar-refractivity contribution in [3.05, 3.63) is 53.1 Å². The predicted octanol–water partition coefficient (Wildman–Crippen LogP) is 1.45. The zero-order chi connectivity index (χ0) is 15.1. The van der Waals surface area contributed by atoms with Gasteiger partial charge in [-0.05, 0) is 30.3 Å². The van der Waals surface area contributed by atoms with Crippen molar-refractivity contribution in [2.24, 2.45) is 0 Å². The molecule has 108 valence electrons. The summed E-state index contributed by atoms with van der Waals surface area (Å²) in [4.78, 5) is 24.0. The number of benzene rings is 2. The molecule has 1 aliphatic rings. The third-order valence-electron chi connectivity index (χ3n) is 3.67. The van der Waals surface area contributed by atoms with E-state index in [0.717, 1.165) is 5.56 Å². The molecule has 2 heterocycles. The molecule has 0 saturated heterocycles. The molecule has 0 radical (unpaired) electrons. The van der Waals surface area contributed by atoms with Gasteiger partial charge in [-0.1, -0.05) is 6.07 Å². The smallest absolute Gasteiger partial charge is 0.255 e. The van der Waals surface area contributed by atoms with E-state index in [1.54, 1.807) is 36.4 Å². The van der Waals surface area contributed by atoms with E-state index in [2.05, 4.69) is 26.0 Å². The van der Waals surface area contributed by atoms with E-state index in [9.17, 15) is 9.59 Å². The quantitative estimate of drug-likeness (QED) is 0.666. The van der Waals surface area contributed by atoms with Gasteiger partial charge in [0, 0.05) is 28.9 Å². The van der Waals surface area contributed by atoms with Crippen molar-refractivity contribution in [1.82, 2.24) is 20.7 Å². The van der Waals surface area contributed by atoms with Crippen molar-refractivity contribution in [3.63, 3.8) is 0 Å². The summed E-state index contributed by atoms with van der Waals surface area (Å²) in [7, 11) is 0. The van der Waals surface area contributed by atoms with E-state index >= 15 is 0 Å². The average molecular weight is 293 g/mol. The van der Waals surface area contributed by atoms with E-state index in [1.165, 1.54) is 0 Å². The topological polar surface area (TPSA) is 99.8 Å². The van der Waals surface area contributed by atoms with Gasteiger partial charge in [-0.25, -0.2) is 0 Å². The van der Waals surface area contributed by atoms with Crippen LogP contribution in [-0.4, -0.2) is 27.2 Å². The number of nitrogens with one attached hydrogen (secondary N) is 3. The number of carbonyl (C=O) groups excluding carboxylic acids is 2. The van der Waals surface area contributed by atoms with Crippen LogP contribution >= 0.6 is 0 Å². The lowest BCUT2D eigenvalue weighted by Gasteiger charge is -2.09. The lowest BCUT2D eigenvalue weighted by molar-refractivity contribution is 0.0964. The second-order valence-electron chi connectivity index (χ2n) is 5.00. The molecule has 0 unspecified atom stereocenters. The number of hydrogen-bond donors (Lipinski definition) is 3. The van der Waals surface area contributed by atoms with Gasteiger partial charge in [-0.15, -0.1) is 0 Å². The molecule has 1 aromatic heterocycles. The molecule has 2 aromatic carbocycles. The zero-order valence-corrected chi connectivity index (χ0v) is 11.4. The SMILES string of the molecule is O=C(Nc1cccc2c1CNC2=O)c1ccc2n[nH]nc2c1. The Morgan fingerprint density at radius 3 is 2.91 bits per heavy atom. The van der Waals surface area contributed by atoms with Gasteiger partial charge in [-0.3, -0.25) is 9.59 Å². The van der Waals surface area contributed by atoms with E-state index in [1.807, 2.05) is 0 Å². The van der Waals surface area contributed by atoms with Crippen LogP contribution in [0.2, 0.25) is 0 Å². The van der Waals surface area contributed by atoms with Crippen LogP contribution in [0.15, 0.2) is 36.4 Å². The molecule has 0 saturated carbocycles. The number of anilines is 1. The third-order valence-corrected chi connectivity index (χ3v) is 3.67. The average Bonchev–Trinajstić information content (AvgIpc) is 3.14. The number of amides is 2. The Hall–Kier alpha value is -3.22. The fourth-order valence-corrected chi connectivity index (χ4v) is 2.55. The lowest BCUT2D eigenvalue weighted by Crippen LogP contribution is -2.13. The fraction of sp³-hybridized carbons (Fsp3) is 0.0667. The fourth-order valence-electron chi connectivity index (χ4n) is 2.55. The van der Waals surface area contributed by atoms with E-state index in [-0.39, 0.29) is 11.8 Å². The van der Waals surface area contributed by atoms with Crippen LogP contribution in [0.1, 0.15) is 26.3 Å². The van der Waals surface area contributed by atoms with Crippen LogP contribution in [0.4, 0.5) is 5.69 Å². The molecule has 3 N–H and O–H groups in total. The molecule has 22 heavy (non-hydrogen) atoms. The van der Waals surface area contributed by atoms with Gasteiger partial charge >= 0.3 is 0 Å². The van der Waals surface area contributed by atoms with Gasteiger partial charge in [0.2, 0.25) is 0 Å². The van der Waals surface area contributed by atoms with Crippen molar-refractivity contribution in [1.29, 1.82) is 0 Å². The Bertz CT molecular complexity index is 915. The molecule has 7 heteroatoms. The summed E-state index contributed by atoms with van der Waals surface area (Å²) in [5.41, 5.74) is 3.86. The summed E-state index contributed by atoms with van der Waals surface area (Å²) in [6, 6.07) is 10.4. The summed E-state index contributed by atoms with van der Waals surface area (Å²) in [5.74, 6) is -0.368. The van der Waals surface area contributed by atoms with Gasteiger partial charge in [-0.2, -0.15) is 15.4 Å². The number of carbonyl (C=O) groups is 2. The van der Waals surface area contributed by atoms with E-state index < -0.39 is 0 Å². The molecular formula is C15H11N5O2. The Kier molecular flexibility index (Phi) is 2.65. The Morgan fingerprint density at radius 1 is 1.14 bits per heavy atom. The molecule has 0 spiro atoms. The molecule has 0 aliphatic carbocycles. The van der Waals surface area contributed by atoms with Crippen LogP contribution in [0.3, 0.4) is 0 Å². The number of aromatic amines is 1. The van der Waals surface area contributed by atoms with Crippen LogP contribution in [-0.2, 0) is 6.54 Å². The largest absolute Gasteiger partial charge is 0.348 e. The van der Waals surface area contributed by atoms with E-state index in [0.29, 0.717) is 34.4 Å². The molecule has 3 aromatic rings. The second kappa shape index (κ2) is 4.66. The maximum absolute atomic E-state index is 12.4. The van der Waals surface area contributed by atoms with Crippen LogP contribution < -0.4 is 10.6 Å². The monoisotopic (exact) mass is 293 g/mol. The summed E-state index contributed by atoms with van der Waals surface area (Å²) in [5, 5.41) is 16.0. The van der Waals surface area contributed by atoms with Crippen molar-refractivity contribution in [2.45, 2.75) is 6.54 Å². The first-order chi connectivity index (χ1) is 10.7. The number of aromatic nitrogens is 3. The maximum Gasteiger partial charge on any atom is 0.255 e. The van der Waals surface area contributed by atoms with Gasteiger partial charge in [0.05, 0.1) is 0 Å². The van der Waals surface area contributed by atoms with Crippen molar-refractivity contribution >= 4 is 28.5 Å². The second-order valence-corrected chi connectivity index (χ2v) is 5.00. The first-order valence-electron chi connectivity index (χ1n) is 6.74. The predicted molar refractivity (Wildman–Crippen MR) is 79.5 cm³/mol. The molecule has 2 amide bonds. The highest BCUT2D eigenvalue weighted by Crippen LogP contribution is 2.24. The summed E-state index contributed by atoms with van der Waals surface area (Å²) >= 11 is 0. The normalized spacial score (nSPS) is 13.0. The summed E-state index contributed by atoms with van der Waals surface area (Å²) in [6.07, 6.45) is 0. The van der Waals surface area contributed by atoms with Gasteiger partial charge in [0.1, 0.15) is 11.0 Å². The standard InChI is InChI=1S/C15H11N5O2/c21-14(8-4-5-12-13(6-8)19-20-18-12)17-11-3-1-2-9-10(11)7-16-15(9)22/h1-6H,7H2,(H,16,22)(H,17,21)(H,18,19,20). The highest BCUT2D eigenvalue weighted by atomic mass is 16.2. The highest BCUT2D eigenvalue weighted by Gasteiger charge is 2.22. The van der Waals surface area contributed by atoms with Gasteiger partial charge < -0.3 is 10.6 Å². The molecular weight excluding hydrogens is 282 g/mol. The molecule has 4 rings (SSSR count). The summed E-state index contributed by atoms with van der Waals surface area (Å²) < 4.78 is 0. The Morgan fingerprint density at radius 2 is 2.00 bits per heavy atom. The van der Waals surface area contributed by atoms with Crippen LogP contribution in [0.5, 0.6) is 0 Å². The molecule has 0 bridgehead atoms. The lowest BCUT2D eigenvalue weighted by atomic mass is 10.1.